The SMILES string of the molecule is CN=C(NCc1cccc(CN2CCCC(C(N)=O)C2)c1)NC1CCN(C(=O)OC)CC1.I. The lowest BCUT2D eigenvalue weighted by atomic mass is 9.97. The van der Waals surface area contributed by atoms with Crippen LogP contribution < -0.4 is 16.4 Å². The lowest BCUT2D eigenvalue weighted by Gasteiger charge is -2.32. The maximum absolute atomic E-state index is 11.6. The molecule has 2 fully saturated rings. The summed E-state index contributed by atoms with van der Waals surface area (Å²) in [5, 5.41) is 6.85. The largest absolute Gasteiger partial charge is 0.453 e. The minimum Gasteiger partial charge on any atom is -0.453 e. The van der Waals surface area contributed by atoms with Gasteiger partial charge in [-0.3, -0.25) is 14.7 Å². The fourth-order valence-electron chi connectivity index (χ4n) is 4.44. The number of nitrogens with one attached hydrogen (secondary N) is 2. The molecule has 1 aromatic carbocycles. The number of hydrogen-bond donors (Lipinski definition) is 3. The number of hydrogen-bond acceptors (Lipinski definition) is 5. The van der Waals surface area contributed by atoms with Gasteiger partial charge in [0.05, 0.1) is 13.0 Å². The van der Waals surface area contributed by atoms with Gasteiger partial charge in [-0.2, -0.15) is 0 Å². The number of carbonyl (C=O) groups excluding carboxylic acids is 2. The molecule has 0 saturated carbocycles. The Kier molecular flexibility index (Phi) is 11.2. The van der Waals surface area contributed by atoms with Gasteiger partial charge in [-0.1, -0.05) is 24.3 Å². The second-order valence-electron chi connectivity index (χ2n) is 8.60. The van der Waals surface area contributed by atoms with Gasteiger partial charge in [-0.25, -0.2) is 4.79 Å². The number of likely N-dealkylation sites (tertiary alicyclic amines) is 2. The van der Waals surface area contributed by atoms with Gasteiger partial charge in [0.25, 0.3) is 0 Å². The number of carbonyl (C=O) groups is 2. The number of methoxy groups -OCH3 is 1. The fourth-order valence-corrected chi connectivity index (χ4v) is 4.44. The number of aliphatic imine (C=N–C) groups is 1. The minimum atomic E-state index is -0.263. The smallest absolute Gasteiger partial charge is 0.409 e. The standard InChI is InChI=1S/C23H36N6O3.HI/c1-25-22(27-20-8-11-29(12-9-20)23(31)32-2)26-14-17-5-3-6-18(13-17)15-28-10-4-7-19(16-28)21(24)30;/h3,5-6,13,19-20H,4,7-12,14-16H2,1-2H3,(H2,24,30)(H2,25,26,27);1H. The highest BCUT2D eigenvalue weighted by Crippen LogP contribution is 2.19. The van der Waals surface area contributed by atoms with E-state index in [-0.39, 0.29) is 47.9 Å². The molecular weight excluding hydrogens is 535 g/mol. The molecule has 1 unspecified atom stereocenters. The van der Waals surface area contributed by atoms with Crippen molar-refractivity contribution in [1.29, 1.82) is 0 Å². The highest BCUT2D eigenvalue weighted by atomic mass is 127. The highest BCUT2D eigenvalue weighted by molar-refractivity contribution is 14.0. The topological polar surface area (TPSA) is 112 Å². The van der Waals surface area contributed by atoms with E-state index < -0.39 is 0 Å². The molecule has 0 radical (unpaired) electrons. The van der Waals surface area contributed by atoms with Crippen LogP contribution in [0.2, 0.25) is 0 Å². The molecule has 1 aromatic rings. The zero-order valence-electron chi connectivity index (χ0n) is 19.6. The van der Waals surface area contributed by atoms with Crippen LogP contribution in [0.1, 0.15) is 36.8 Å². The van der Waals surface area contributed by atoms with Crippen LogP contribution in [0.15, 0.2) is 29.3 Å². The van der Waals surface area contributed by atoms with Crippen molar-refractivity contribution >= 4 is 41.9 Å². The third kappa shape index (κ3) is 8.33. The number of guanidine groups is 1. The van der Waals surface area contributed by atoms with E-state index in [1.807, 2.05) is 0 Å². The van der Waals surface area contributed by atoms with Crippen molar-refractivity contribution in [1.82, 2.24) is 20.4 Å². The van der Waals surface area contributed by atoms with Crippen LogP contribution in [0.3, 0.4) is 0 Å². The highest BCUT2D eigenvalue weighted by Gasteiger charge is 2.25. The number of primary amides is 1. The van der Waals surface area contributed by atoms with E-state index >= 15 is 0 Å². The molecule has 9 nitrogen and oxygen atoms in total. The number of piperidine rings is 2. The molecule has 1 atom stereocenters. The third-order valence-electron chi connectivity index (χ3n) is 6.26. The predicted octanol–water partition coefficient (Wildman–Crippen LogP) is 1.90. The van der Waals surface area contributed by atoms with Gasteiger partial charge < -0.3 is 26.0 Å². The van der Waals surface area contributed by atoms with Crippen molar-refractivity contribution in [3.05, 3.63) is 35.4 Å². The summed E-state index contributed by atoms with van der Waals surface area (Å²) in [7, 11) is 3.18. The van der Waals surface area contributed by atoms with Crippen molar-refractivity contribution in [3.8, 4) is 0 Å². The summed E-state index contributed by atoms with van der Waals surface area (Å²) in [5.74, 6) is 0.525. The monoisotopic (exact) mass is 572 g/mol. The summed E-state index contributed by atoms with van der Waals surface area (Å²) in [4.78, 5) is 31.6. The van der Waals surface area contributed by atoms with Crippen LogP contribution in [0, 0.1) is 5.92 Å². The van der Waals surface area contributed by atoms with Crippen LogP contribution in [0.25, 0.3) is 0 Å². The quantitative estimate of drug-likeness (QED) is 0.273. The second-order valence-corrected chi connectivity index (χ2v) is 8.60. The molecule has 2 amide bonds. The Morgan fingerprint density at radius 3 is 2.58 bits per heavy atom. The van der Waals surface area contributed by atoms with Gasteiger partial charge in [-0.05, 0) is 43.4 Å². The van der Waals surface area contributed by atoms with E-state index in [9.17, 15) is 9.59 Å². The molecule has 33 heavy (non-hydrogen) atoms. The van der Waals surface area contributed by atoms with Crippen LogP contribution in [0.4, 0.5) is 4.79 Å². The molecule has 0 bridgehead atoms. The summed E-state index contributed by atoms with van der Waals surface area (Å²) in [6, 6.07) is 8.76. The molecule has 2 saturated heterocycles. The Balaban J connectivity index is 0.00000385. The van der Waals surface area contributed by atoms with Crippen LogP contribution in [-0.2, 0) is 22.6 Å². The average molecular weight is 572 g/mol. The Labute approximate surface area is 213 Å². The van der Waals surface area contributed by atoms with E-state index in [0.717, 1.165) is 51.3 Å². The van der Waals surface area contributed by atoms with Crippen LogP contribution in [0.5, 0.6) is 0 Å². The molecule has 4 N–H and O–H groups in total. The van der Waals surface area contributed by atoms with Crippen molar-refractivity contribution in [2.24, 2.45) is 16.6 Å². The summed E-state index contributed by atoms with van der Waals surface area (Å²) in [6.07, 6.45) is 3.35. The molecule has 3 rings (SSSR count). The second kappa shape index (κ2) is 13.6. The molecule has 10 heteroatoms. The molecule has 0 aromatic heterocycles. The molecular formula is C23H37IN6O3. The fraction of sp³-hybridized carbons (Fsp3) is 0.609. The zero-order chi connectivity index (χ0) is 22.9. The first-order valence-electron chi connectivity index (χ1n) is 11.4. The number of nitrogens with zero attached hydrogens (tertiary/aromatic N) is 3. The van der Waals surface area contributed by atoms with Crippen molar-refractivity contribution in [3.63, 3.8) is 0 Å². The number of rotatable bonds is 6. The maximum Gasteiger partial charge on any atom is 0.409 e. The van der Waals surface area contributed by atoms with Gasteiger partial charge >= 0.3 is 6.09 Å². The Bertz CT molecular complexity index is 813. The first kappa shape index (κ1) is 27.2. The molecule has 2 heterocycles. The Hall–Kier alpha value is -2.08. The Morgan fingerprint density at radius 1 is 1.18 bits per heavy atom. The van der Waals surface area contributed by atoms with Gasteiger partial charge in [0.1, 0.15) is 0 Å². The summed E-state index contributed by atoms with van der Waals surface area (Å²) in [6.45, 7) is 4.58. The van der Waals surface area contributed by atoms with E-state index in [0.29, 0.717) is 19.6 Å². The van der Waals surface area contributed by atoms with Gasteiger partial charge in [0, 0.05) is 45.8 Å². The number of ether oxygens (including phenoxy) is 1. The first-order valence-corrected chi connectivity index (χ1v) is 11.4. The van der Waals surface area contributed by atoms with Gasteiger partial charge in [-0.15, -0.1) is 24.0 Å². The van der Waals surface area contributed by atoms with Crippen molar-refractivity contribution in [2.45, 2.75) is 44.8 Å². The Morgan fingerprint density at radius 2 is 1.91 bits per heavy atom. The van der Waals surface area contributed by atoms with Crippen LogP contribution in [-0.4, -0.2) is 74.1 Å². The summed E-state index contributed by atoms with van der Waals surface area (Å²) < 4.78 is 4.79. The number of halogens is 1. The predicted molar refractivity (Wildman–Crippen MR) is 139 cm³/mol. The molecule has 184 valence electrons. The normalized spacial score (nSPS) is 20.0. The van der Waals surface area contributed by atoms with Crippen molar-refractivity contribution in [2.75, 3.05) is 40.3 Å². The number of benzene rings is 1. The van der Waals surface area contributed by atoms with E-state index in [1.165, 1.54) is 18.2 Å². The lowest BCUT2D eigenvalue weighted by molar-refractivity contribution is -0.123. The average Bonchev–Trinajstić information content (AvgIpc) is 2.82. The minimum absolute atomic E-state index is 0. The molecule has 0 spiro atoms. The van der Waals surface area contributed by atoms with Gasteiger partial charge in [0.2, 0.25) is 5.91 Å². The third-order valence-corrected chi connectivity index (χ3v) is 6.26. The van der Waals surface area contributed by atoms with Crippen LogP contribution >= 0.6 is 24.0 Å². The van der Waals surface area contributed by atoms with E-state index in [4.69, 9.17) is 10.5 Å². The number of amides is 2. The molecule has 2 aliphatic heterocycles. The van der Waals surface area contributed by atoms with Crippen molar-refractivity contribution < 1.29 is 14.3 Å². The van der Waals surface area contributed by atoms with E-state index in [2.05, 4.69) is 44.8 Å². The summed E-state index contributed by atoms with van der Waals surface area (Å²) in [5.41, 5.74) is 7.91. The maximum atomic E-state index is 11.6. The molecule has 0 aliphatic carbocycles. The summed E-state index contributed by atoms with van der Waals surface area (Å²) >= 11 is 0. The first-order chi connectivity index (χ1) is 15.5. The lowest BCUT2D eigenvalue weighted by Crippen LogP contribution is -2.49. The molecule has 2 aliphatic rings. The van der Waals surface area contributed by atoms with Gasteiger partial charge in [0.15, 0.2) is 5.96 Å². The number of nitrogens with two attached hydrogens (primary N) is 1. The zero-order valence-corrected chi connectivity index (χ0v) is 21.9. The van der Waals surface area contributed by atoms with E-state index in [1.54, 1.807) is 11.9 Å².